The summed E-state index contributed by atoms with van der Waals surface area (Å²) >= 11 is 1.91. The molecule has 3 heteroatoms. The molecule has 11 heavy (non-hydrogen) atoms. The van der Waals surface area contributed by atoms with Crippen molar-refractivity contribution in [3.63, 3.8) is 0 Å². The van der Waals surface area contributed by atoms with E-state index in [0.29, 0.717) is 6.61 Å². The number of hydrogen-bond acceptors (Lipinski definition) is 3. The van der Waals surface area contributed by atoms with Gasteiger partial charge in [0.25, 0.3) is 0 Å². The van der Waals surface area contributed by atoms with E-state index >= 15 is 0 Å². The smallest absolute Gasteiger partial charge is 0.0625 e. The van der Waals surface area contributed by atoms with E-state index in [1.807, 2.05) is 18.7 Å². The van der Waals surface area contributed by atoms with Crippen LogP contribution >= 0.6 is 11.8 Å². The molecule has 68 valence electrons. The van der Waals surface area contributed by atoms with Gasteiger partial charge in [-0.15, -0.1) is 0 Å². The number of nitrogens with two attached hydrogens (primary N) is 1. The molecule has 0 aromatic carbocycles. The minimum Gasteiger partial charge on any atom is -0.380 e. The van der Waals surface area contributed by atoms with Crippen LogP contribution in [0.4, 0.5) is 0 Å². The van der Waals surface area contributed by atoms with Gasteiger partial charge in [-0.25, -0.2) is 0 Å². The van der Waals surface area contributed by atoms with Crippen LogP contribution in [0.2, 0.25) is 0 Å². The first-order chi connectivity index (χ1) is 5.31. The monoisotopic (exact) mass is 177 g/mol. The minimum atomic E-state index is 0.214. The zero-order valence-electron chi connectivity index (χ0n) is 7.51. The molecule has 0 bridgehead atoms. The van der Waals surface area contributed by atoms with E-state index in [0.717, 1.165) is 12.4 Å². The SMILES string of the molecule is CCCSCC(N)COCC. The molecule has 0 aliphatic rings. The quantitative estimate of drug-likeness (QED) is 0.598. The number of rotatable bonds is 7. The highest BCUT2D eigenvalue weighted by Crippen LogP contribution is 2.03. The normalized spacial score (nSPS) is 13.4. The molecule has 0 aromatic rings. The van der Waals surface area contributed by atoms with Gasteiger partial charge < -0.3 is 10.5 Å². The van der Waals surface area contributed by atoms with Crippen molar-refractivity contribution < 1.29 is 4.74 Å². The van der Waals surface area contributed by atoms with Crippen LogP contribution in [0.25, 0.3) is 0 Å². The average Bonchev–Trinajstić information content (AvgIpc) is 2.01. The van der Waals surface area contributed by atoms with E-state index < -0.39 is 0 Å². The van der Waals surface area contributed by atoms with Gasteiger partial charge in [-0.1, -0.05) is 6.92 Å². The van der Waals surface area contributed by atoms with Crippen molar-refractivity contribution in [1.29, 1.82) is 0 Å². The fourth-order valence-corrected chi connectivity index (χ4v) is 1.55. The summed E-state index contributed by atoms with van der Waals surface area (Å²) in [6.07, 6.45) is 1.23. The van der Waals surface area contributed by atoms with E-state index in [2.05, 4.69) is 6.92 Å². The topological polar surface area (TPSA) is 35.2 Å². The lowest BCUT2D eigenvalue weighted by molar-refractivity contribution is 0.138. The highest BCUT2D eigenvalue weighted by Gasteiger charge is 2.00. The fourth-order valence-electron chi connectivity index (χ4n) is 0.696. The molecule has 0 fully saturated rings. The van der Waals surface area contributed by atoms with Crippen molar-refractivity contribution in [2.24, 2.45) is 5.73 Å². The van der Waals surface area contributed by atoms with Gasteiger partial charge in [0, 0.05) is 18.4 Å². The molecule has 2 nitrogen and oxygen atoms in total. The first kappa shape index (κ1) is 11.3. The molecule has 0 aliphatic carbocycles. The largest absolute Gasteiger partial charge is 0.380 e. The van der Waals surface area contributed by atoms with Gasteiger partial charge in [0.05, 0.1) is 6.61 Å². The predicted molar refractivity (Wildman–Crippen MR) is 52.1 cm³/mol. The first-order valence-corrected chi connectivity index (χ1v) is 5.37. The van der Waals surface area contributed by atoms with Crippen LogP contribution in [0, 0.1) is 0 Å². The summed E-state index contributed by atoms with van der Waals surface area (Å²) < 4.78 is 5.19. The maximum atomic E-state index is 5.75. The van der Waals surface area contributed by atoms with E-state index in [9.17, 15) is 0 Å². The second-order valence-corrected chi connectivity index (χ2v) is 3.64. The van der Waals surface area contributed by atoms with Gasteiger partial charge in [0.1, 0.15) is 0 Å². The molecule has 0 heterocycles. The Morgan fingerprint density at radius 3 is 2.73 bits per heavy atom. The van der Waals surface area contributed by atoms with Crippen LogP contribution in [0.15, 0.2) is 0 Å². The van der Waals surface area contributed by atoms with Crippen LogP contribution in [0.5, 0.6) is 0 Å². The van der Waals surface area contributed by atoms with E-state index in [1.54, 1.807) is 0 Å². The lowest BCUT2D eigenvalue weighted by Gasteiger charge is -2.09. The van der Waals surface area contributed by atoms with Crippen molar-refractivity contribution in [1.82, 2.24) is 0 Å². The van der Waals surface area contributed by atoms with Gasteiger partial charge >= 0.3 is 0 Å². The maximum absolute atomic E-state index is 5.75. The van der Waals surface area contributed by atoms with Gasteiger partial charge in [0.2, 0.25) is 0 Å². The Morgan fingerprint density at radius 1 is 1.45 bits per heavy atom. The Bertz CT molecular complexity index is 80.5. The second kappa shape index (κ2) is 8.37. The van der Waals surface area contributed by atoms with Crippen molar-refractivity contribution in [2.75, 3.05) is 24.7 Å². The Morgan fingerprint density at radius 2 is 2.18 bits per heavy atom. The van der Waals surface area contributed by atoms with Crippen LogP contribution in [0.1, 0.15) is 20.3 Å². The van der Waals surface area contributed by atoms with Gasteiger partial charge in [-0.3, -0.25) is 0 Å². The van der Waals surface area contributed by atoms with Crippen molar-refractivity contribution >= 4 is 11.8 Å². The van der Waals surface area contributed by atoms with Crippen LogP contribution in [-0.4, -0.2) is 30.8 Å². The Hall–Kier alpha value is 0.270. The number of ether oxygens (including phenoxy) is 1. The highest BCUT2D eigenvalue weighted by molar-refractivity contribution is 7.99. The third-order valence-electron chi connectivity index (χ3n) is 1.22. The predicted octanol–water partition coefficient (Wildman–Crippen LogP) is 1.49. The summed E-state index contributed by atoms with van der Waals surface area (Å²) in [7, 11) is 0. The molecule has 0 aliphatic heterocycles. The minimum absolute atomic E-state index is 0.214. The Kier molecular flexibility index (Phi) is 8.57. The summed E-state index contributed by atoms with van der Waals surface area (Å²) in [5.74, 6) is 2.23. The molecule has 2 N–H and O–H groups in total. The average molecular weight is 177 g/mol. The van der Waals surface area contributed by atoms with E-state index in [4.69, 9.17) is 10.5 Å². The molecular formula is C8H19NOS. The molecule has 0 spiro atoms. The molecule has 1 unspecified atom stereocenters. The molecule has 0 aromatic heterocycles. The number of hydrogen-bond donors (Lipinski definition) is 1. The molecule has 0 amide bonds. The maximum Gasteiger partial charge on any atom is 0.0625 e. The Balaban J connectivity index is 3.02. The Labute approximate surface area is 73.9 Å². The third-order valence-corrected chi connectivity index (χ3v) is 2.58. The highest BCUT2D eigenvalue weighted by atomic mass is 32.2. The second-order valence-electron chi connectivity index (χ2n) is 2.49. The zero-order valence-corrected chi connectivity index (χ0v) is 8.32. The van der Waals surface area contributed by atoms with Crippen molar-refractivity contribution in [2.45, 2.75) is 26.3 Å². The first-order valence-electron chi connectivity index (χ1n) is 4.22. The standard InChI is InChI=1S/C8H19NOS/c1-3-5-11-7-8(9)6-10-4-2/h8H,3-7,9H2,1-2H3. The zero-order chi connectivity index (χ0) is 8.53. The fraction of sp³-hybridized carbons (Fsp3) is 1.00. The van der Waals surface area contributed by atoms with E-state index in [1.165, 1.54) is 12.2 Å². The van der Waals surface area contributed by atoms with E-state index in [-0.39, 0.29) is 6.04 Å². The molecule has 1 atom stereocenters. The summed E-state index contributed by atoms with van der Waals surface area (Å²) in [5.41, 5.74) is 5.75. The third kappa shape index (κ3) is 8.17. The number of thioether (sulfide) groups is 1. The molecule has 0 radical (unpaired) electrons. The molecule has 0 saturated carbocycles. The lowest BCUT2D eigenvalue weighted by atomic mass is 10.4. The van der Waals surface area contributed by atoms with Crippen molar-refractivity contribution in [3.8, 4) is 0 Å². The summed E-state index contributed by atoms with van der Waals surface area (Å²) in [5, 5.41) is 0. The van der Waals surface area contributed by atoms with Crippen LogP contribution in [-0.2, 0) is 4.74 Å². The molecule has 0 saturated heterocycles. The summed E-state index contributed by atoms with van der Waals surface area (Å²) in [6.45, 7) is 5.65. The molecular weight excluding hydrogens is 158 g/mol. The van der Waals surface area contributed by atoms with Crippen LogP contribution < -0.4 is 5.73 Å². The van der Waals surface area contributed by atoms with Gasteiger partial charge in [0.15, 0.2) is 0 Å². The van der Waals surface area contributed by atoms with Crippen LogP contribution in [0.3, 0.4) is 0 Å². The van der Waals surface area contributed by atoms with Gasteiger partial charge in [-0.2, -0.15) is 11.8 Å². The lowest BCUT2D eigenvalue weighted by Crippen LogP contribution is -2.28. The van der Waals surface area contributed by atoms with Crippen molar-refractivity contribution in [3.05, 3.63) is 0 Å². The van der Waals surface area contributed by atoms with Gasteiger partial charge in [-0.05, 0) is 19.1 Å². The molecule has 0 rings (SSSR count). The summed E-state index contributed by atoms with van der Waals surface area (Å²) in [6, 6.07) is 0.214. The summed E-state index contributed by atoms with van der Waals surface area (Å²) in [4.78, 5) is 0.